The van der Waals surface area contributed by atoms with Gasteiger partial charge in [0.25, 0.3) is 0 Å². The average Bonchev–Trinajstić information content (AvgIpc) is 3.56. The van der Waals surface area contributed by atoms with E-state index < -0.39 is 17.9 Å². The summed E-state index contributed by atoms with van der Waals surface area (Å²) in [5.74, 6) is 0.826. The maximum Gasteiger partial charge on any atom is 0.433 e. The summed E-state index contributed by atoms with van der Waals surface area (Å²) in [6, 6.07) is 0.554. The Morgan fingerprint density at radius 2 is 1.98 bits per heavy atom. The number of rotatable bonds is 5. The summed E-state index contributed by atoms with van der Waals surface area (Å²) in [6.45, 7) is 2.63. The second-order valence-electron chi connectivity index (χ2n) is 10.5. The number of aromatic nitrogens is 8. The fourth-order valence-electron chi connectivity index (χ4n) is 5.72. The van der Waals surface area contributed by atoms with Crippen LogP contribution in [-0.4, -0.2) is 62.8 Å². The van der Waals surface area contributed by atoms with Crippen molar-refractivity contribution in [1.82, 2.24) is 43.8 Å². The Morgan fingerprint density at radius 1 is 1.20 bits per heavy atom. The summed E-state index contributed by atoms with van der Waals surface area (Å²) in [5, 5.41) is 11.6. The molecule has 1 spiro atoms. The van der Waals surface area contributed by atoms with Crippen LogP contribution in [0.3, 0.4) is 0 Å². The second-order valence-corrected chi connectivity index (χ2v) is 10.9. The standard InChI is InChI=1S/C25H22ClF3N10O2/c1-13(40)37-11-24(12-37)6-14(7-24)39-18(25(27,28)29)5-19(35-39)33-23-34-22-21(36(23)2)20(26)17(9-31-22)41-16-10-32-38-4-3-30-8-15(16)38/h3-5,8-10,14H,6-7,11-12H2,1-2H3,(H,31,33,34,35). The van der Waals surface area contributed by atoms with Gasteiger partial charge < -0.3 is 19.5 Å². The average molecular weight is 587 g/mol. The van der Waals surface area contributed by atoms with Gasteiger partial charge in [0.1, 0.15) is 21.7 Å². The molecule has 12 nitrogen and oxygen atoms in total. The number of hydrogen-bond acceptors (Lipinski definition) is 8. The molecule has 41 heavy (non-hydrogen) atoms. The third-order valence-electron chi connectivity index (χ3n) is 7.76. The predicted octanol–water partition coefficient (Wildman–Crippen LogP) is 4.60. The van der Waals surface area contributed by atoms with E-state index in [-0.39, 0.29) is 39.5 Å². The lowest BCUT2D eigenvalue weighted by Crippen LogP contribution is -2.63. The van der Waals surface area contributed by atoms with Crippen molar-refractivity contribution in [3.63, 3.8) is 0 Å². The quantitative estimate of drug-likeness (QED) is 0.317. The maximum absolute atomic E-state index is 14.0. The van der Waals surface area contributed by atoms with Crippen LogP contribution in [0, 0.1) is 5.41 Å². The van der Waals surface area contributed by atoms with E-state index in [4.69, 9.17) is 16.3 Å². The number of pyridine rings is 1. The molecule has 16 heteroatoms. The molecule has 0 unspecified atom stereocenters. The van der Waals surface area contributed by atoms with Gasteiger partial charge in [-0.25, -0.2) is 9.50 Å². The van der Waals surface area contributed by atoms with E-state index in [0.717, 1.165) is 10.7 Å². The number of hydrogen-bond donors (Lipinski definition) is 1. The van der Waals surface area contributed by atoms with Crippen molar-refractivity contribution in [2.75, 3.05) is 18.4 Å². The molecule has 212 valence electrons. The summed E-state index contributed by atoms with van der Waals surface area (Å²) in [5.41, 5.74) is 0.329. The number of fused-ring (bicyclic) bond motifs is 2. The Hall–Kier alpha value is -4.40. The number of ether oxygens (including phenoxy) is 1. The summed E-state index contributed by atoms with van der Waals surface area (Å²) < 4.78 is 52.1. The zero-order chi connectivity index (χ0) is 28.7. The Bertz CT molecular complexity index is 1830. The minimum absolute atomic E-state index is 0.0119. The molecule has 0 radical (unpaired) electrons. The number of amides is 1. The third-order valence-corrected chi connectivity index (χ3v) is 8.13. The number of carbonyl (C=O) groups is 1. The lowest BCUT2D eigenvalue weighted by Gasteiger charge is -2.58. The first kappa shape index (κ1) is 25.6. The zero-order valence-electron chi connectivity index (χ0n) is 21.7. The van der Waals surface area contributed by atoms with Crippen LogP contribution in [0.15, 0.2) is 37.1 Å². The summed E-state index contributed by atoms with van der Waals surface area (Å²) in [7, 11) is 1.66. The summed E-state index contributed by atoms with van der Waals surface area (Å²) in [6.07, 6.45) is 4.26. The number of carbonyl (C=O) groups excluding carboxylic acids is 1. The fourth-order valence-corrected chi connectivity index (χ4v) is 6.02. The second kappa shape index (κ2) is 8.80. The van der Waals surface area contributed by atoms with Crippen LogP contribution in [0.1, 0.15) is 31.5 Å². The van der Waals surface area contributed by atoms with E-state index >= 15 is 0 Å². The number of alkyl halides is 3. The normalized spacial score (nSPS) is 16.8. The van der Waals surface area contributed by atoms with Crippen molar-refractivity contribution >= 4 is 46.0 Å². The van der Waals surface area contributed by atoms with Gasteiger partial charge in [-0.1, -0.05) is 11.6 Å². The molecule has 1 aliphatic carbocycles. The number of aryl methyl sites for hydroxylation is 1. The van der Waals surface area contributed by atoms with Crippen LogP contribution in [0.2, 0.25) is 5.02 Å². The largest absolute Gasteiger partial charge is 0.450 e. The van der Waals surface area contributed by atoms with Gasteiger partial charge >= 0.3 is 6.18 Å². The van der Waals surface area contributed by atoms with Gasteiger partial charge in [0.15, 0.2) is 23.0 Å². The van der Waals surface area contributed by atoms with Crippen LogP contribution in [-0.2, 0) is 18.0 Å². The van der Waals surface area contributed by atoms with Gasteiger partial charge in [-0.05, 0) is 12.8 Å². The van der Waals surface area contributed by atoms with Gasteiger partial charge in [-0.15, -0.1) is 0 Å². The molecular formula is C25H22ClF3N10O2. The van der Waals surface area contributed by atoms with Gasteiger partial charge in [-0.2, -0.15) is 28.4 Å². The topological polar surface area (TPSA) is 120 Å². The van der Waals surface area contributed by atoms with Crippen LogP contribution >= 0.6 is 11.6 Å². The molecule has 2 fully saturated rings. The van der Waals surface area contributed by atoms with Gasteiger partial charge in [0.05, 0.1) is 24.6 Å². The number of nitrogens with zero attached hydrogens (tertiary/aromatic N) is 9. The van der Waals surface area contributed by atoms with Crippen LogP contribution < -0.4 is 10.1 Å². The van der Waals surface area contributed by atoms with Gasteiger partial charge in [-0.3, -0.25) is 14.5 Å². The molecule has 1 saturated heterocycles. The molecule has 1 amide bonds. The van der Waals surface area contributed by atoms with Crippen molar-refractivity contribution in [2.24, 2.45) is 12.5 Å². The highest BCUT2D eigenvalue weighted by Crippen LogP contribution is 2.55. The lowest BCUT2D eigenvalue weighted by atomic mass is 9.60. The Morgan fingerprint density at radius 3 is 2.71 bits per heavy atom. The van der Waals surface area contributed by atoms with Crippen molar-refractivity contribution < 1.29 is 22.7 Å². The van der Waals surface area contributed by atoms with E-state index in [0.29, 0.717) is 42.7 Å². The Labute approximate surface area is 234 Å². The minimum Gasteiger partial charge on any atom is -0.450 e. The molecule has 0 aromatic carbocycles. The first-order valence-electron chi connectivity index (χ1n) is 12.7. The number of nitrogens with one attached hydrogen (secondary N) is 1. The van der Waals surface area contributed by atoms with Crippen LogP contribution in [0.5, 0.6) is 11.5 Å². The van der Waals surface area contributed by atoms with E-state index in [2.05, 4.69) is 30.5 Å². The van der Waals surface area contributed by atoms with Crippen molar-refractivity contribution in [2.45, 2.75) is 32.0 Å². The summed E-state index contributed by atoms with van der Waals surface area (Å²) in [4.78, 5) is 26.1. The zero-order valence-corrected chi connectivity index (χ0v) is 22.5. The molecule has 5 aromatic rings. The minimum atomic E-state index is -4.60. The van der Waals surface area contributed by atoms with Crippen molar-refractivity contribution in [1.29, 1.82) is 0 Å². The molecule has 2 aliphatic rings. The van der Waals surface area contributed by atoms with E-state index in [1.807, 2.05) is 0 Å². The van der Waals surface area contributed by atoms with Crippen molar-refractivity contribution in [3.8, 4) is 11.5 Å². The maximum atomic E-state index is 14.0. The number of anilines is 2. The van der Waals surface area contributed by atoms with Gasteiger partial charge in [0, 0.05) is 50.9 Å². The molecule has 6 heterocycles. The first-order valence-corrected chi connectivity index (χ1v) is 13.0. The number of imidazole rings is 1. The van der Waals surface area contributed by atoms with Crippen molar-refractivity contribution in [3.05, 3.63) is 47.8 Å². The predicted molar refractivity (Wildman–Crippen MR) is 140 cm³/mol. The molecule has 1 saturated carbocycles. The highest BCUT2D eigenvalue weighted by Gasteiger charge is 2.55. The molecule has 0 bridgehead atoms. The Balaban J connectivity index is 1.15. The Kier molecular flexibility index (Phi) is 5.48. The monoisotopic (exact) mass is 586 g/mol. The third kappa shape index (κ3) is 4.13. The highest BCUT2D eigenvalue weighted by atomic mass is 35.5. The summed E-state index contributed by atoms with van der Waals surface area (Å²) >= 11 is 6.67. The lowest BCUT2D eigenvalue weighted by molar-refractivity contribution is -0.158. The van der Waals surface area contributed by atoms with E-state index in [1.165, 1.54) is 19.3 Å². The molecule has 1 aliphatic heterocycles. The number of likely N-dealkylation sites (tertiary alicyclic amines) is 1. The van der Waals surface area contributed by atoms with E-state index in [1.54, 1.807) is 39.6 Å². The number of halogens is 4. The van der Waals surface area contributed by atoms with Crippen LogP contribution in [0.25, 0.3) is 16.7 Å². The first-order chi connectivity index (χ1) is 19.5. The van der Waals surface area contributed by atoms with Gasteiger partial charge in [0.2, 0.25) is 11.9 Å². The fraction of sp³-hybridized carbons (Fsp3) is 0.360. The smallest absolute Gasteiger partial charge is 0.433 e. The highest BCUT2D eigenvalue weighted by molar-refractivity contribution is 6.36. The molecule has 0 atom stereocenters. The SMILES string of the molecule is CC(=O)N1CC2(CC(n3nc(Nc4nc5ncc(Oc6cnn7ccncc67)c(Cl)c5n4C)cc3C(F)(F)F)C2)C1. The molecule has 1 N–H and O–H groups in total. The molecule has 7 rings (SSSR count). The van der Waals surface area contributed by atoms with Crippen LogP contribution in [0.4, 0.5) is 24.9 Å². The molecular weight excluding hydrogens is 565 g/mol. The molecule has 5 aromatic heterocycles. The van der Waals surface area contributed by atoms with E-state index in [9.17, 15) is 18.0 Å².